The average molecular weight is 388 g/mol. The van der Waals surface area contributed by atoms with Crippen LogP contribution in [-0.2, 0) is 12.7 Å². The normalized spacial score (nSPS) is 11.2. The van der Waals surface area contributed by atoms with Gasteiger partial charge in [-0.2, -0.15) is 18.2 Å². The summed E-state index contributed by atoms with van der Waals surface area (Å²) in [6.07, 6.45) is -2.67. The fraction of sp³-hybridized carbons (Fsp3) is 0.200. The van der Waals surface area contributed by atoms with Crippen LogP contribution in [0.2, 0.25) is 0 Å². The second-order valence-electron chi connectivity index (χ2n) is 6.26. The van der Waals surface area contributed by atoms with Gasteiger partial charge in [0.15, 0.2) is 0 Å². The third-order valence-electron chi connectivity index (χ3n) is 3.86. The van der Waals surface area contributed by atoms with E-state index in [4.69, 9.17) is 4.74 Å². The molecule has 5 nitrogen and oxygen atoms in total. The SMILES string of the molecule is CN(C)c1nccc(NCc2ccc(Oc3ccc(C(F)(F)F)cc3)cc2)n1. The molecule has 28 heavy (non-hydrogen) atoms. The molecule has 0 aliphatic heterocycles. The van der Waals surface area contributed by atoms with Gasteiger partial charge in [0.05, 0.1) is 5.56 Å². The Kier molecular flexibility index (Phi) is 5.67. The molecular weight excluding hydrogens is 369 g/mol. The molecule has 1 heterocycles. The first kappa shape index (κ1) is 19.5. The van der Waals surface area contributed by atoms with E-state index in [1.807, 2.05) is 31.1 Å². The number of aromatic nitrogens is 2. The Morgan fingerprint density at radius 1 is 0.929 bits per heavy atom. The zero-order chi connectivity index (χ0) is 20.1. The third kappa shape index (κ3) is 5.12. The van der Waals surface area contributed by atoms with Crippen molar-refractivity contribution in [2.45, 2.75) is 12.7 Å². The minimum atomic E-state index is -4.36. The van der Waals surface area contributed by atoms with Crippen molar-refractivity contribution in [2.75, 3.05) is 24.3 Å². The summed E-state index contributed by atoms with van der Waals surface area (Å²) in [5.41, 5.74) is 0.299. The van der Waals surface area contributed by atoms with Gasteiger partial charge in [-0.1, -0.05) is 12.1 Å². The van der Waals surface area contributed by atoms with E-state index in [0.29, 0.717) is 29.8 Å². The first-order chi connectivity index (χ1) is 13.3. The van der Waals surface area contributed by atoms with Crippen LogP contribution in [0.25, 0.3) is 0 Å². The lowest BCUT2D eigenvalue weighted by molar-refractivity contribution is -0.137. The van der Waals surface area contributed by atoms with Crippen LogP contribution in [0.15, 0.2) is 60.8 Å². The zero-order valence-electron chi connectivity index (χ0n) is 15.4. The first-order valence-corrected chi connectivity index (χ1v) is 8.49. The molecule has 3 aromatic rings. The van der Waals surface area contributed by atoms with Crippen LogP contribution in [-0.4, -0.2) is 24.1 Å². The molecule has 0 aliphatic carbocycles. The highest BCUT2D eigenvalue weighted by Crippen LogP contribution is 2.31. The van der Waals surface area contributed by atoms with Gasteiger partial charge in [-0.15, -0.1) is 0 Å². The minimum absolute atomic E-state index is 0.344. The van der Waals surface area contributed by atoms with Crippen molar-refractivity contribution in [1.29, 1.82) is 0 Å². The van der Waals surface area contributed by atoms with Gasteiger partial charge < -0.3 is 15.0 Å². The van der Waals surface area contributed by atoms with Crippen molar-refractivity contribution in [1.82, 2.24) is 9.97 Å². The highest BCUT2D eigenvalue weighted by atomic mass is 19.4. The lowest BCUT2D eigenvalue weighted by atomic mass is 10.2. The molecule has 0 unspecified atom stereocenters. The number of hydrogen-bond acceptors (Lipinski definition) is 5. The Bertz CT molecular complexity index is 910. The summed E-state index contributed by atoms with van der Waals surface area (Å²) >= 11 is 0. The van der Waals surface area contributed by atoms with E-state index < -0.39 is 11.7 Å². The predicted octanol–water partition coefficient (Wildman–Crippen LogP) is 4.97. The van der Waals surface area contributed by atoms with E-state index in [1.165, 1.54) is 12.1 Å². The molecule has 0 aliphatic rings. The summed E-state index contributed by atoms with van der Waals surface area (Å²) in [6, 6.07) is 13.7. The van der Waals surface area contributed by atoms with Crippen molar-refractivity contribution in [2.24, 2.45) is 0 Å². The smallest absolute Gasteiger partial charge is 0.416 e. The highest BCUT2D eigenvalue weighted by Gasteiger charge is 2.30. The van der Waals surface area contributed by atoms with E-state index in [-0.39, 0.29) is 0 Å². The maximum absolute atomic E-state index is 12.6. The number of hydrogen-bond donors (Lipinski definition) is 1. The number of alkyl halides is 3. The standard InChI is InChI=1S/C20H19F3N4O/c1-27(2)19-24-12-11-18(26-19)25-13-14-3-7-16(8-4-14)28-17-9-5-15(6-10-17)20(21,22)23/h3-12H,13H2,1-2H3,(H,24,25,26). The van der Waals surface area contributed by atoms with Gasteiger partial charge in [0.2, 0.25) is 5.95 Å². The lowest BCUT2D eigenvalue weighted by Gasteiger charge is -2.12. The molecule has 1 N–H and O–H groups in total. The number of rotatable bonds is 6. The van der Waals surface area contributed by atoms with E-state index in [2.05, 4.69) is 15.3 Å². The molecule has 1 aromatic heterocycles. The van der Waals surface area contributed by atoms with Gasteiger partial charge in [0.25, 0.3) is 0 Å². The quantitative estimate of drug-likeness (QED) is 0.646. The Morgan fingerprint density at radius 3 is 2.11 bits per heavy atom. The van der Waals surface area contributed by atoms with Crippen molar-refractivity contribution < 1.29 is 17.9 Å². The van der Waals surface area contributed by atoms with Crippen LogP contribution >= 0.6 is 0 Å². The molecule has 146 valence electrons. The molecule has 0 amide bonds. The fourth-order valence-electron chi connectivity index (χ4n) is 2.38. The van der Waals surface area contributed by atoms with Gasteiger partial charge in [-0.25, -0.2) is 4.98 Å². The molecule has 2 aromatic carbocycles. The fourth-order valence-corrected chi connectivity index (χ4v) is 2.38. The lowest BCUT2D eigenvalue weighted by Crippen LogP contribution is -2.13. The average Bonchev–Trinajstić information content (AvgIpc) is 2.67. The van der Waals surface area contributed by atoms with Crippen molar-refractivity contribution >= 4 is 11.8 Å². The summed E-state index contributed by atoms with van der Waals surface area (Å²) in [6.45, 7) is 0.560. The van der Waals surface area contributed by atoms with E-state index in [0.717, 1.165) is 17.7 Å². The zero-order valence-corrected chi connectivity index (χ0v) is 15.4. The summed E-state index contributed by atoms with van der Waals surface area (Å²) in [7, 11) is 3.74. The molecule has 3 rings (SSSR count). The summed E-state index contributed by atoms with van der Waals surface area (Å²) < 4.78 is 43.4. The van der Waals surface area contributed by atoms with Gasteiger partial charge in [-0.3, -0.25) is 0 Å². The van der Waals surface area contributed by atoms with Crippen LogP contribution in [0.5, 0.6) is 11.5 Å². The topological polar surface area (TPSA) is 50.3 Å². The Labute approximate surface area is 160 Å². The molecule has 0 saturated heterocycles. The van der Waals surface area contributed by atoms with Crippen LogP contribution in [0.3, 0.4) is 0 Å². The number of benzene rings is 2. The number of ether oxygens (including phenoxy) is 1. The number of nitrogens with zero attached hydrogens (tertiary/aromatic N) is 3. The molecular formula is C20H19F3N4O. The van der Waals surface area contributed by atoms with Gasteiger partial charge in [-0.05, 0) is 48.0 Å². The van der Waals surface area contributed by atoms with Gasteiger partial charge in [0.1, 0.15) is 17.3 Å². The van der Waals surface area contributed by atoms with Crippen LogP contribution in [0.4, 0.5) is 24.9 Å². The maximum Gasteiger partial charge on any atom is 0.416 e. The van der Waals surface area contributed by atoms with Gasteiger partial charge >= 0.3 is 6.18 Å². The molecule has 0 bridgehead atoms. The Morgan fingerprint density at radius 2 is 1.54 bits per heavy atom. The highest BCUT2D eigenvalue weighted by molar-refractivity contribution is 5.41. The second kappa shape index (κ2) is 8.16. The van der Waals surface area contributed by atoms with Crippen molar-refractivity contribution in [3.63, 3.8) is 0 Å². The van der Waals surface area contributed by atoms with Crippen LogP contribution < -0.4 is 15.0 Å². The number of anilines is 2. The van der Waals surface area contributed by atoms with Crippen LogP contribution in [0, 0.1) is 0 Å². The largest absolute Gasteiger partial charge is 0.457 e. The molecule has 0 atom stereocenters. The molecule has 0 fully saturated rings. The molecule has 0 saturated carbocycles. The summed E-state index contributed by atoms with van der Waals surface area (Å²) in [5, 5.41) is 3.22. The molecule has 0 spiro atoms. The predicted molar refractivity (Wildman–Crippen MR) is 102 cm³/mol. The minimum Gasteiger partial charge on any atom is -0.457 e. The molecule has 0 radical (unpaired) electrons. The van der Waals surface area contributed by atoms with Crippen molar-refractivity contribution in [3.8, 4) is 11.5 Å². The van der Waals surface area contributed by atoms with Crippen LogP contribution in [0.1, 0.15) is 11.1 Å². The number of halogens is 3. The maximum atomic E-state index is 12.6. The van der Waals surface area contributed by atoms with E-state index >= 15 is 0 Å². The van der Waals surface area contributed by atoms with E-state index in [1.54, 1.807) is 24.4 Å². The van der Waals surface area contributed by atoms with Crippen molar-refractivity contribution in [3.05, 3.63) is 71.9 Å². The Hall–Kier alpha value is -3.29. The van der Waals surface area contributed by atoms with E-state index in [9.17, 15) is 13.2 Å². The summed E-state index contributed by atoms with van der Waals surface area (Å²) in [5.74, 6) is 2.21. The second-order valence-corrected chi connectivity index (χ2v) is 6.26. The first-order valence-electron chi connectivity index (χ1n) is 8.49. The van der Waals surface area contributed by atoms with Gasteiger partial charge in [0, 0.05) is 26.8 Å². The molecule has 8 heteroatoms. The monoisotopic (exact) mass is 388 g/mol. The Balaban J connectivity index is 1.58. The summed E-state index contributed by atoms with van der Waals surface area (Å²) in [4.78, 5) is 10.4. The number of nitrogens with one attached hydrogen (secondary N) is 1. The third-order valence-corrected chi connectivity index (χ3v) is 3.86.